The summed E-state index contributed by atoms with van der Waals surface area (Å²) in [6, 6.07) is 0. The van der Waals surface area contributed by atoms with Gasteiger partial charge in [-0.05, 0) is 38.0 Å². The molecule has 0 fully saturated rings. The summed E-state index contributed by atoms with van der Waals surface area (Å²) in [6.45, 7) is 10.2. The molecule has 0 rings (SSSR count). The Labute approximate surface area is 117 Å². The van der Waals surface area contributed by atoms with Gasteiger partial charge in [-0.15, -0.1) is 6.58 Å². The molecule has 1 atom stereocenters. The molecule has 0 saturated carbocycles. The Kier molecular flexibility index (Phi) is 8.58. The molecule has 1 unspecified atom stereocenters. The lowest BCUT2D eigenvalue weighted by molar-refractivity contribution is 0.428. The van der Waals surface area contributed by atoms with E-state index in [0.29, 0.717) is 23.4 Å². The van der Waals surface area contributed by atoms with E-state index >= 15 is 0 Å². The monoisotopic (exact) mass is 264 g/mol. The zero-order valence-electron chi connectivity index (χ0n) is 12.7. The molecule has 0 aromatic heterocycles. The van der Waals surface area contributed by atoms with E-state index in [4.69, 9.17) is 11.5 Å². The number of nitrogens with two attached hydrogens (primary N) is 2. The van der Waals surface area contributed by atoms with Crippen LogP contribution < -0.4 is 11.5 Å². The Balaban J connectivity index is 4.61. The summed E-state index contributed by atoms with van der Waals surface area (Å²) in [6.07, 6.45) is 6.33. The van der Waals surface area contributed by atoms with Gasteiger partial charge in [0, 0.05) is 13.2 Å². The van der Waals surface area contributed by atoms with Crippen LogP contribution in [0.4, 0.5) is 0 Å². The van der Waals surface area contributed by atoms with Crippen molar-refractivity contribution in [1.82, 2.24) is 0 Å². The molecule has 108 valence electrons. The minimum Gasteiger partial charge on any atom is -0.403 e. The first-order valence-electron chi connectivity index (χ1n) is 6.77. The second-order valence-electron chi connectivity index (χ2n) is 4.99. The van der Waals surface area contributed by atoms with Crippen molar-refractivity contribution in [2.45, 2.75) is 40.0 Å². The molecule has 0 saturated heterocycles. The normalized spacial score (nSPS) is 15.7. The van der Waals surface area contributed by atoms with E-state index in [1.807, 2.05) is 13.0 Å². The molecule has 19 heavy (non-hydrogen) atoms. The molecule has 0 aromatic carbocycles. The Hall–Kier alpha value is -1.58. The van der Waals surface area contributed by atoms with Gasteiger partial charge < -0.3 is 11.5 Å². The topological polar surface area (TPSA) is 76.8 Å². The van der Waals surface area contributed by atoms with E-state index < -0.39 is 0 Å². The summed E-state index contributed by atoms with van der Waals surface area (Å²) in [5.41, 5.74) is 12.7. The third kappa shape index (κ3) is 6.79. The van der Waals surface area contributed by atoms with Gasteiger partial charge in [-0.1, -0.05) is 19.9 Å². The summed E-state index contributed by atoms with van der Waals surface area (Å²) in [5.74, 6) is 1.86. The number of allylic oxidation sites excluding steroid dienone is 2. The van der Waals surface area contributed by atoms with E-state index in [1.54, 1.807) is 7.05 Å². The quantitative estimate of drug-likeness (QED) is 0.421. The van der Waals surface area contributed by atoms with Crippen LogP contribution in [0, 0.1) is 11.8 Å². The maximum absolute atomic E-state index is 5.86. The molecule has 0 aliphatic carbocycles. The summed E-state index contributed by atoms with van der Waals surface area (Å²) >= 11 is 0. The fourth-order valence-electron chi connectivity index (χ4n) is 1.83. The van der Waals surface area contributed by atoms with Crippen LogP contribution in [0.5, 0.6) is 0 Å². The molecule has 0 aromatic rings. The number of hydrogen-bond acceptors (Lipinski definition) is 3. The Morgan fingerprint density at radius 3 is 2.42 bits per heavy atom. The van der Waals surface area contributed by atoms with Crippen LogP contribution in [0.2, 0.25) is 0 Å². The van der Waals surface area contributed by atoms with Gasteiger partial charge in [-0.25, -0.2) is 4.99 Å². The highest BCUT2D eigenvalue weighted by Crippen LogP contribution is 2.19. The maximum atomic E-state index is 5.86. The SMILES string of the molecule is C=CC(CCCC(=NC(C)=NC)C(N)=CN)C(C)C. The fourth-order valence-corrected chi connectivity index (χ4v) is 1.83. The van der Waals surface area contributed by atoms with Gasteiger partial charge in [0.15, 0.2) is 0 Å². The van der Waals surface area contributed by atoms with Crippen molar-refractivity contribution in [2.24, 2.45) is 33.3 Å². The second kappa shape index (κ2) is 9.36. The molecule has 0 spiro atoms. The van der Waals surface area contributed by atoms with E-state index in [9.17, 15) is 0 Å². The van der Waals surface area contributed by atoms with Gasteiger partial charge in [-0.2, -0.15) is 0 Å². The number of amidine groups is 1. The van der Waals surface area contributed by atoms with Crippen LogP contribution in [0.3, 0.4) is 0 Å². The third-order valence-corrected chi connectivity index (χ3v) is 3.24. The second-order valence-corrected chi connectivity index (χ2v) is 4.99. The smallest absolute Gasteiger partial charge is 0.120 e. The van der Waals surface area contributed by atoms with Crippen LogP contribution in [0.25, 0.3) is 0 Å². The van der Waals surface area contributed by atoms with Crippen LogP contribution >= 0.6 is 0 Å². The molecule has 4 heteroatoms. The molecule has 0 bridgehead atoms. The number of rotatable bonds is 7. The highest BCUT2D eigenvalue weighted by Gasteiger charge is 2.10. The van der Waals surface area contributed by atoms with Gasteiger partial charge in [-0.3, -0.25) is 4.99 Å². The van der Waals surface area contributed by atoms with Crippen molar-refractivity contribution in [1.29, 1.82) is 0 Å². The number of aliphatic imine (C=N–C) groups is 2. The lowest BCUT2D eigenvalue weighted by Gasteiger charge is -2.16. The van der Waals surface area contributed by atoms with E-state index in [-0.39, 0.29) is 0 Å². The molecular weight excluding hydrogens is 236 g/mol. The molecular formula is C15H28N4. The van der Waals surface area contributed by atoms with Gasteiger partial charge in [0.05, 0.1) is 11.4 Å². The Morgan fingerprint density at radius 2 is 2.00 bits per heavy atom. The van der Waals surface area contributed by atoms with Gasteiger partial charge >= 0.3 is 0 Å². The highest BCUT2D eigenvalue weighted by atomic mass is 14.9. The molecule has 4 nitrogen and oxygen atoms in total. The first-order valence-corrected chi connectivity index (χ1v) is 6.77. The summed E-state index contributed by atoms with van der Waals surface area (Å²) in [5, 5.41) is 0. The summed E-state index contributed by atoms with van der Waals surface area (Å²) in [4.78, 5) is 8.42. The number of nitrogens with zero attached hydrogens (tertiary/aromatic N) is 2. The zero-order valence-corrected chi connectivity index (χ0v) is 12.7. The van der Waals surface area contributed by atoms with Crippen LogP contribution in [0.15, 0.2) is 34.5 Å². The van der Waals surface area contributed by atoms with Crippen LogP contribution in [-0.4, -0.2) is 18.6 Å². The van der Waals surface area contributed by atoms with Crippen molar-refractivity contribution in [3.63, 3.8) is 0 Å². The van der Waals surface area contributed by atoms with Crippen LogP contribution in [0.1, 0.15) is 40.0 Å². The summed E-state index contributed by atoms with van der Waals surface area (Å²) < 4.78 is 0. The van der Waals surface area contributed by atoms with Crippen molar-refractivity contribution in [2.75, 3.05) is 7.05 Å². The van der Waals surface area contributed by atoms with Gasteiger partial charge in [0.1, 0.15) is 5.84 Å². The van der Waals surface area contributed by atoms with E-state index in [1.165, 1.54) is 6.20 Å². The van der Waals surface area contributed by atoms with Gasteiger partial charge in [0.2, 0.25) is 0 Å². The van der Waals surface area contributed by atoms with Crippen molar-refractivity contribution >= 4 is 11.5 Å². The average Bonchev–Trinajstić information content (AvgIpc) is 2.40. The minimum absolute atomic E-state index is 0.530. The number of hydrogen-bond donors (Lipinski definition) is 2. The molecule has 0 aliphatic rings. The lowest BCUT2D eigenvalue weighted by Crippen LogP contribution is -2.16. The lowest BCUT2D eigenvalue weighted by atomic mass is 9.90. The van der Waals surface area contributed by atoms with Crippen LogP contribution in [-0.2, 0) is 0 Å². The first kappa shape index (κ1) is 17.4. The maximum Gasteiger partial charge on any atom is 0.120 e. The average molecular weight is 264 g/mol. The molecule has 0 radical (unpaired) electrons. The fraction of sp³-hybridized carbons (Fsp3) is 0.600. The first-order chi connectivity index (χ1) is 8.96. The van der Waals surface area contributed by atoms with E-state index in [0.717, 1.165) is 25.0 Å². The van der Waals surface area contributed by atoms with Gasteiger partial charge in [0.25, 0.3) is 0 Å². The predicted molar refractivity (Wildman–Crippen MR) is 85.3 cm³/mol. The largest absolute Gasteiger partial charge is 0.403 e. The standard InChI is InChI=1S/C15H28N4/c1-6-13(11(2)3)8-7-9-15(14(17)10-16)19-12(4)18-5/h6,10-11,13H,1,7-9,16-17H2,2-5H3. The van der Waals surface area contributed by atoms with E-state index in [2.05, 4.69) is 30.4 Å². The zero-order chi connectivity index (χ0) is 14.8. The Morgan fingerprint density at radius 1 is 1.37 bits per heavy atom. The van der Waals surface area contributed by atoms with Crippen molar-refractivity contribution < 1.29 is 0 Å². The molecule has 0 amide bonds. The predicted octanol–water partition coefficient (Wildman–Crippen LogP) is 2.86. The molecule has 0 aliphatic heterocycles. The minimum atomic E-state index is 0.530. The highest BCUT2D eigenvalue weighted by molar-refractivity contribution is 6.06. The Bertz CT molecular complexity index is 364. The van der Waals surface area contributed by atoms with Crippen molar-refractivity contribution in [3.05, 3.63) is 24.6 Å². The molecule has 0 heterocycles. The molecule has 4 N–H and O–H groups in total. The van der Waals surface area contributed by atoms with Crippen molar-refractivity contribution in [3.8, 4) is 0 Å². The third-order valence-electron chi connectivity index (χ3n) is 3.24. The summed E-state index contributed by atoms with van der Waals surface area (Å²) in [7, 11) is 1.71.